The predicted molar refractivity (Wildman–Crippen MR) is 61.8 cm³/mol. The second-order valence-corrected chi connectivity index (χ2v) is 4.01. The molecular weight excluding hydrogens is 247 g/mol. The smallest absolute Gasteiger partial charge is 0.233 e. The third-order valence-electron chi connectivity index (χ3n) is 3.11. The molecule has 1 unspecified atom stereocenters. The van der Waals surface area contributed by atoms with Crippen molar-refractivity contribution in [1.82, 2.24) is 0 Å². The number of benzene rings is 1. The fourth-order valence-corrected chi connectivity index (χ4v) is 2.03. The van der Waals surface area contributed by atoms with Crippen LogP contribution in [-0.4, -0.2) is 11.8 Å². The Bertz CT molecular complexity index is 447. The van der Waals surface area contributed by atoms with Gasteiger partial charge in [-0.1, -0.05) is 12.1 Å². The first-order valence-electron chi connectivity index (χ1n) is 4.84. The van der Waals surface area contributed by atoms with Crippen LogP contribution in [0.25, 0.3) is 0 Å². The largest absolute Gasteiger partial charge is 0.369 e. The molecule has 1 atom stereocenters. The number of amides is 2. The molecule has 1 saturated carbocycles. The normalized spacial score (nSPS) is 20.2. The van der Waals surface area contributed by atoms with E-state index in [1.807, 2.05) is 0 Å². The van der Waals surface area contributed by atoms with Crippen molar-refractivity contribution in [3.8, 4) is 0 Å². The van der Waals surface area contributed by atoms with Crippen LogP contribution in [0.15, 0.2) is 24.3 Å². The molecule has 0 aliphatic heterocycles. The summed E-state index contributed by atoms with van der Waals surface area (Å²) in [4.78, 5) is 22.4. The van der Waals surface area contributed by atoms with Crippen molar-refractivity contribution in [3.05, 3.63) is 35.6 Å². The van der Waals surface area contributed by atoms with Gasteiger partial charge in [-0.15, -0.1) is 12.4 Å². The lowest BCUT2D eigenvalue weighted by Crippen LogP contribution is -2.38. The summed E-state index contributed by atoms with van der Waals surface area (Å²) < 4.78 is 12.7. The van der Waals surface area contributed by atoms with Crippen LogP contribution in [0.5, 0.6) is 0 Å². The summed E-state index contributed by atoms with van der Waals surface area (Å²) in [6.07, 6.45) is 0.309. The van der Waals surface area contributed by atoms with Gasteiger partial charge in [-0.3, -0.25) is 9.59 Å². The van der Waals surface area contributed by atoms with E-state index in [9.17, 15) is 14.0 Å². The van der Waals surface area contributed by atoms with E-state index in [2.05, 4.69) is 0 Å². The monoisotopic (exact) mass is 258 g/mol. The van der Waals surface area contributed by atoms with Crippen molar-refractivity contribution in [2.75, 3.05) is 0 Å². The van der Waals surface area contributed by atoms with Gasteiger partial charge in [0.2, 0.25) is 11.8 Å². The van der Waals surface area contributed by atoms with E-state index in [4.69, 9.17) is 11.5 Å². The number of carbonyl (C=O) groups is 2. The highest BCUT2D eigenvalue weighted by molar-refractivity contribution is 6.08. The summed E-state index contributed by atoms with van der Waals surface area (Å²) in [6.45, 7) is 0. The molecule has 2 amide bonds. The summed E-state index contributed by atoms with van der Waals surface area (Å²) in [5, 5.41) is 0. The van der Waals surface area contributed by atoms with Crippen LogP contribution >= 0.6 is 12.4 Å². The van der Waals surface area contributed by atoms with Gasteiger partial charge in [0, 0.05) is 5.92 Å². The number of primary amides is 2. The van der Waals surface area contributed by atoms with Crippen molar-refractivity contribution < 1.29 is 14.0 Å². The van der Waals surface area contributed by atoms with Crippen molar-refractivity contribution in [2.45, 2.75) is 12.3 Å². The average Bonchev–Trinajstić information content (AvgIpc) is 2.95. The van der Waals surface area contributed by atoms with E-state index >= 15 is 0 Å². The second kappa shape index (κ2) is 4.33. The van der Waals surface area contributed by atoms with Crippen LogP contribution in [0.4, 0.5) is 4.39 Å². The average molecular weight is 259 g/mol. The lowest BCUT2D eigenvalue weighted by molar-refractivity contribution is -0.133. The van der Waals surface area contributed by atoms with Gasteiger partial charge in [-0.25, -0.2) is 4.39 Å². The van der Waals surface area contributed by atoms with E-state index < -0.39 is 17.2 Å². The molecule has 6 heteroatoms. The summed E-state index contributed by atoms with van der Waals surface area (Å²) in [6, 6.07) is 5.63. The highest BCUT2D eigenvalue weighted by Gasteiger charge is 2.64. The molecule has 4 nitrogen and oxygen atoms in total. The van der Waals surface area contributed by atoms with E-state index in [1.165, 1.54) is 24.3 Å². The summed E-state index contributed by atoms with van der Waals surface area (Å²) in [5.41, 5.74) is 9.78. The Hall–Kier alpha value is -1.62. The van der Waals surface area contributed by atoms with Gasteiger partial charge in [-0.05, 0) is 24.1 Å². The van der Waals surface area contributed by atoms with Crippen molar-refractivity contribution in [1.29, 1.82) is 0 Å². The minimum atomic E-state index is -1.28. The summed E-state index contributed by atoms with van der Waals surface area (Å²) in [7, 11) is 0. The van der Waals surface area contributed by atoms with Gasteiger partial charge in [0.1, 0.15) is 11.2 Å². The lowest BCUT2D eigenvalue weighted by Gasteiger charge is -2.08. The molecule has 0 radical (unpaired) electrons. The molecule has 2 rings (SSSR count). The Labute approximate surface area is 104 Å². The first-order chi connectivity index (χ1) is 7.48. The molecule has 4 N–H and O–H groups in total. The first-order valence-corrected chi connectivity index (χ1v) is 4.84. The first kappa shape index (κ1) is 13.4. The quantitative estimate of drug-likeness (QED) is 0.782. The molecule has 1 aliphatic carbocycles. The number of nitrogens with two attached hydrogens (primary N) is 2. The van der Waals surface area contributed by atoms with Gasteiger partial charge in [0.25, 0.3) is 0 Å². The Morgan fingerprint density at radius 2 is 1.65 bits per heavy atom. The van der Waals surface area contributed by atoms with Gasteiger partial charge in [-0.2, -0.15) is 0 Å². The number of hydrogen-bond acceptors (Lipinski definition) is 2. The van der Waals surface area contributed by atoms with Crippen LogP contribution in [0.2, 0.25) is 0 Å². The van der Waals surface area contributed by atoms with E-state index in [0.717, 1.165) is 0 Å². The SMILES string of the molecule is Cl.NC(=O)C1(C(N)=O)CC1c1ccc(F)cc1. The zero-order chi connectivity index (χ0) is 11.9. The van der Waals surface area contributed by atoms with Gasteiger partial charge >= 0.3 is 0 Å². The van der Waals surface area contributed by atoms with Crippen LogP contribution < -0.4 is 11.5 Å². The number of carbonyl (C=O) groups excluding carboxylic acids is 2. The van der Waals surface area contributed by atoms with Crippen LogP contribution in [0.3, 0.4) is 0 Å². The van der Waals surface area contributed by atoms with E-state index in [-0.39, 0.29) is 24.1 Å². The minimum Gasteiger partial charge on any atom is -0.369 e. The molecule has 1 aromatic carbocycles. The topological polar surface area (TPSA) is 86.2 Å². The van der Waals surface area contributed by atoms with Crippen molar-refractivity contribution in [2.24, 2.45) is 16.9 Å². The molecular formula is C11H12ClFN2O2. The van der Waals surface area contributed by atoms with Gasteiger partial charge < -0.3 is 11.5 Å². The molecule has 0 heterocycles. The third kappa shape index (κ3) is 1.98. The number of hydrogen-bond donors (Lipinski definition) is 2. The van der Waals surface area contributed by atoms with Crippen molar-refractivity contribution >= 4 is 24.2 Å². The van der Waals surface area contributed by atoms with Gasteiger partial charge in [0.15, 0.2) is 0 Å². The maximum Gasteiger partial charge on any atom is 0.233 e. The number of rotatable bonds is 3. The molecule has 17 heavy (non-hydrogen) atoms. The zero-order valence-corrected chi connectivity index (χ0v) is 9.67. The highest BCUT2D eigenvalue weighted by Crippen LogP contribution is 2.58. The summed E-state index contributed by atoms with van der Waals surface area (Å²) in [5.74, 6) is -2.11. The fraction of sp³-hybridized carbons (Fsp3) is 0.273. The molecule has 0 bridgehead atoms. The standard InChI is InChI=1S/C11H11FN2O2.ClH/c12-7-3-1-6(2-4-7)8-5-11(8,9(13)15)10(14)16;/h1-4,8H,5H2,(H2,13,15)(H2,14,16);1H. The Kier molecular flexibility index (Phi) is 3.43. The van der Waals surface area contributed by atoms with Crippen LogP contribution in [0.1, 0.15) is 17.9 Å². The van der Waals surface area contributed by atoms with Crippen LogP contribution in [-0.2, 0) is 9.59 Å². The Balaban J connectivity index is 0.00000144. The zero-order valence-electron chi connectivity index (χ0n) is 8.85. The maximum absolute atomic E-state index is 12.7. The van der Waals surface area contributed by atoms with Crippen molar-refractivity contribution in [3.63, 3.8) is 0 Å². The maximum atomic E-state index is 12.7. The highest BCUT2D eigenvalue weighted by atomic mass is 35.5. The van der Waals surface area contributed by atoms with E-state index in [0.29, 0.717) is 12.0 Å². The van der Waals surface area contributed by atoms with Crippen LogP contribution in [0, 0.1) is 11.2 Å². The minimum absolute atomic E-state index is 0. The predicted octanol–water partition coefficient (Wildman–Crippen LogP) is 0.692. The molecule has 1 aliphatic rings. The Morgan fingerprint density at radius 1 is 1.18 bits per heavy atom. The molecule has 0 aromatic heterocycles. The summed E-state index contributed by atoms with van der Waals surface area (Å²) >= 11 is 0. The molecule has 0 saturated heterocycles. The Morgan fingerprint density at radius 3 is 2.00 bits per heavy atom. The third-order valence-corrected chi connectivity index (χ3v) is 3.11. The molecule has 1 fully saturated rings. The van der Waals surface area contributed by atoms with Gasteiger partial charge in [0.05, 0.1) is 0 Å². The van der Waals surface area contributed by atoms with E-state index in [1.54, 1.807) is 0 Å². The lowest BCUT2D eigenvalue weighted by atomic mass is 9.98. The second-order valence-electron chi connectivity index (χ2n) is 4.01. The molecule has 1 aromatic rings. The molecule has 92 valence electrons. The number of halogens is 2. The molecule has 0 spiro atoms. The fourth-order valence-electron chi connectivity index (χ4n) is 2.03.